The fourth-order valence-electron chi connectivity index (χ4n) is 3.38. The number of aromatic amines is 1. The molecule has 0 spiro atoms. The Morgan fingerprint density at radius 1 is 1.27 bits per heavy atom. The molecule has 0 aliphatic rings. The van der Waals surface area contributed by atoms with Crippen molar-refractivity contribution in [1.82, 2.24) is 30.0 Å². The molecular formula is C22H32IN7. The molecule has 0 fully saturated rings. The number of halogens is 1. The molecule has 1 aromatic carbocycles. The van der Waals surface area contributed by atoms with Crippen molar-refractivity contribution >= 4 is 29.9 Å². The molecule has 162 valence electrons. The van der Waals surface area contributed by atoms with Crippen LogP contribution in [0.15, 0.2) is 47.6 Å². The Hall–Kier alpha value is -2.36. The number of nitrogens with zero attached hydrogens (tertiary/aromatic N) is 5. The molecule has 3 rings (SSSR count). The zero-order valence-electron chi connectivity index (χ0n) is 18.4. The number of hydrogen-bond acceptors (Lipinski definition) is 3. The Bertz CT molecular complexity index is 946. The van der Waals surface area contributed by atoms with Crippen LogP contribution in [0.5, 0.6) is 0 Å². The van der Waals surface area contributed by atoms with Crippen LogP contribution in [0.1, 0.15) is 24.1 Å². The molecule has 0 saturated heterocycles. The van der Waals surface area contributed by atoms with E-state index in [-0.39, 0.29) is 24.0 Å². The Kier molecular flexibility index (Phi) is 8.88. The summed E-state index contributed by atoms with van der Waals surface area (Å²) in [6.45, 7) is 8.70. The number of hydrogen-bond donors (Lipinski definition) is 2. The van der Waals surface area contributed by atoms with Crippen LogP contribution in [-0.4, -0.2) is 51.2 Å². The maximum absolute atomic E-state index is 4.55. The van der Waals surface area contributed by atoms with Gasteiger partial charge >= 0.3 is 0 Å². The van der Waals surface area contributed by atoms with Crippen molar-refractivity contribution in [2.24, 2.45) is 10.9 Å². The lowest BCUT2D eigenvalue weighted by molar-refractivity contribution is 0.415. The molecule has 0 amide bonds. The summed E-state index contributed by atoms with van der Waals surface area (Å²) in [6, 6.07) is 12.3. The molecule has 0 aliphatic heterocycles. The highest BCUT2D eigenvalue weighted by molar-refractivity contribution is 14.0. The molecule has 2 N–H and O–H groups in total. The van der Waals surface area contributed by atoms with E-state index in [1.54, 1.807) is 0 Å². The van der Waals surface area contributed by atoms with Crippen LogP contribution >= 0.6 is 24.0 Å². The number of aromatic nitrogens is 4. The van der Waals surface area contributed by atoms with Crippen LogP contribution in [0.4, 0.5) is 0 Å². The summed E-state index contributed by atoms with van der Waals surface area (Å²) in [5.41, 5.74) is 4.42. The van der Waals surface area contributed by atoms with Crippen LogP contribution in [0, 0.1) is 19.8 Å². The van der Waals surface area contributed by atoms with Crippen molar-refractivity contribution in [3.63, 3.8) is 0 Å². The van der Waals surface area contributed by atoms with Crippen molar-refractivity contribution in [2.45, 2.75) is 33.9 Å². The maximum Gasteiger partial charge on any atom is 0.193 e. The van der Waals surface area contributed by atoms with Gasteiger partial charge in [-0.05, 0) is 31.4 Å². The van der Waals surface area contributed by atoms with Gasteiger partial charge in [0.2, 0.25) is 0 Å². The molecule has 8 heteroatoms. The normalized spacial score (nSPS) is 12.4. The van der Waals surface area contributed by atoms with E-state index in [0.717, 1.165) is 41.8 Å². The van der Waals surface area contributed by atoms with E-state index in [2.05, 4.69) is 67.0 Å². The first kappa shape index (κ1) is 23.9. The predicted octanol–water partition coefficient (Wildman–Crippen LogP) is 3.85. The van der Waals surface area contributed by atoms with Gasteiger partial charge in [-0.2, -0.15) is 5.10 Å². The average Bonchev–Trinajstić information content (AvgIpc) is 3.29. The summed E-state index contributed by atoms with van der Waals surface area (Å²) in [7, 11) is 3.83. The number of rotatable bonds is 7. The second kappa shape index (κ2) is 11.1. The van der Waals surface area contributed by atoms with Crippen LogP contribution in [0.25, 0.3) is 11.3 Å². The van der Waals surface area contributed by atoms with Crippen LogP contribution in [0.3, 0.4) is 0 Å². The van der Waals surface area contributed by atoms with E-state index in [0.29, 0.717) is 12.5 Å². The number of aliphatic imine (C=N–C) groups is 1. The topological polar surface area (TPSA) is 74.1 Å². The fourth-order valence-corrected chi connectivity index (χ4v) is 3.38. The molecule has 0 aliphatic carbocycles. The Labute approximate surface area is 196 Å². The molecule has 0 saturated carbocycles. The van der Waals surface area contributed by atoms with E-state index >= 15 is 0 Å². The molecule has 2 heterocycles. The van der Waals surface area contributed by atoms with Gasteiger partial charge < -0.3 is 15.2 Å². The molecule has 7 nitrogen and oxygen atoms in total. The monoisotopic (exact) mass is 521 g/mol. The molecule has 2 aromatic heterocycles. The summed E-state index contributed by atoms with van der Waals surface area (Å²) in [5, 5.41) is 8.02. The van der Waals surface area contributed by atoms with Gasteiger partial charge in [-0.3, -0.25) is 9.67 Å². The van der Waals surface area contributed by atoms with Gasteiger partial charge in [0, 0.05) is 32.9 Å². The highest BCUT2D eigenvalue weighted by atomic mass is 127. The summed E-state index contributed by atoms with van der Waals surface area (Å²) in [5.74, 6) is 2.18. The molecule has 0 bridgehead atoms. The second-order valence-corrected chi connectivity index (χ2v) is 7.61. The first-order valence-corrected chi connectivity index (χ1v) is 9.98. The molecule has 3 aromatic rings. The summed E-state index contributed by atoms with van der Waals surface area (Å²) in [6.07, 6.45) is 1.88. The summed E-state index contributed by atoms with van der Waals surface area (Å²) >= 11 is 0. The highest BCUT2D eigenvalue weighted by Gasteiger charge is 2.12. The fraction of sp³-hybridized carbons (Fsp3) is 0.409. The third kappa shape index (κ3) is 6.32. The first-order chi connectivity index (χ1) is 14.0. The summed E-state index contributed by atoms with van der Waals surface area (Å²) in [4.78, 5) is 14.4. The van der Waals surface area contributed by atoms with E-state index < -0.39 is 0 Å². The lowest BCUT2D eigenvalue weighted by Crippen LogP contribution is -2.41. The van der Waals surface area contributed by atoms with E-state index in [4.69, 9.17) is 0 Å². The number of H-pyrrole nitrogens is 1. The van der Waals surface area contributed by atoms with Gasteiger partial charge in [-0.15, -0.1) is 24.0 Å². The number of aryl methyl sites for hydroxylation is 2. The zero-order valence-corrected chi connectivity index (χ0v) is 20.7. The molecular weight excluding hydrogens is 489 g/mol. The van der Waals surface area contributed by atoms with Gasteiger partial charge in [0.1, 0.15) is 5.82 Å². The lowest BCUT2D eigenvalue weighted by Gasteiger charge is -2.23. The Morgan fingerprint density at radius 2 is 2.00 bits per heavy atom. The average molecular weight is 521 g/mol. The van der Waals surface area contributed by atoms with Crippen molar-refractivity contribution in [2.75, 3.05) is 20.6 Å². The van der Waals surface area contributed by atoms with Gasteiger partial charge in [-0.25, -0.2) is 4.98 Å². The third-order valence-corrected chi connectivity index (χ3v) is 4.87. The van der Waals surface area contributed by atoms with Crippen molar-refractivity contribution in [3.05, 3.63) is 59.8 Å². The summed E-state index contributed by atoms with van der Waals surface area (Å²) < 4.78 is 2.07. The molecule has 30 heavy (non-hydrogen) atoms. The minimum atomic E-state index is 0. The largest absolute Gasteiger partial charge is 0.356 e. The number of nitrogens with one attached hydrogen (secondary N) is 2. The minimum absolute atomic E-state index is 0. The predicted molar refractivity (Wildman–Crippen MR) is 133 cm³/mol. The molecule has 1 unspecified atom stereocenters. The van der Waals surface area contributed by atoms with Crippen LogP contribution in [0.2, 0.25) is 0 Å². The van der Waals surface area contributed by atoms with Gasteiger partial charge in [0.25, 0.3) is 0 Å². The smallest absolute Gasteiger partial charge is 0.193 e. The van der Waals surface area contributed by atoms with Crippen molar-refractivity contribution in [3.8, 4) is 11.3 Å². The van der Waals surface area contributed by atoms with Crippen molar-refractivity contribution in [1.29, 1.82) is 0 Å². The highest BCUT2D eigenvalue weighted by Crippen LogP contribution is 2.16. The first-order valence-electron chi connectivity index (χ1n) is 9.98. The van der Waals surface area contributed by atoms with Crippen LogP contribution < -0.4 is 5.32 Å². The molecule has 1 atom stereocenters. The number of imidazole rings is 1. The number of benzene rings is 1. The van der Waals surface area contributed by atoms with Crippen molar-refractivity contribution < 1.29 is 0 Å². The minimum Gasteiger partial charge on any atom is -0.356 e. The Balaban J connectivity index is 0.00000320. The van der Waals surface area contributed by atoms with E-state index in [9.17, 15) is 0 Å². The van der Waals surface area contributed by atoms with Gasteiger partial charge in [-0.1, -0.05) is 37.3 Å². The quantitative estimate of drug-likeness (QED) is 0.282. The maximum atomic E-state index is 4.55. The second-order valence-electron chi connectivity index (χ2n) is 7.61. The molecule has 0 radical (unpaired) electrons. The van der Waals surface area contributed by atoms with E-state index in [1.165, 1.54) is 5.69 Å². The van der Waals surface area contributed by atoms with E-state index in [1.807, 2.05) is 45.4 Å². The Morgan fingerprint density at radius 3 is 2.63 bits per heavy atom. The van der Waals surface area contributed by atoms with Gasteiger partial charge in [0.05, 0.1) is 24.1 Å². The van der Waals surface area contributed by atoms with Gasteiger partial charge in [0.15, 0.2) is 5.96 Å². The lowest BCUT2D eigenvalue weighted by atomic mass is 10.2. The third-order valence-electron chi connectivity index (χ3n) is 4.87. The number of guanidine groups is 1. The standard InChI is InChI=1S/C22H31N7.HI/c1-16(14-29-18(3)11-17(2)27-29)12-25-22(23-4)28(5)15-21-24-13-20(26-21)19-9-7-6-8-10-19;/h6-11,13,16H,12,14-15H2,1-5H3,(H,23,25)(H,24,26);1H. The zero-order chi connectivity index (χ0) is 20.8. The van der Waals surface area contributed by atoms with Crippen LogP contribution in [-0.2, 0) is 13.1 Å². The SMILES string of the molecule is CN=C(NCC(C)Cn1nc(C)cc1C)N(C)Cc1ncc(-c2ccccc2)[nH]1.I.